The van der Waals surface area contributed by atoms with Gasteiger partial charge in [0.25, 0.3) is 5.56 Å². The van der Waals surface area contributed by atoms with Crippen LogP contribution in [0.4, 0.5) is 11.5 Å². The highest BCUT2D eigenvalue weighted by atomic mass is 16.5. The van der Waals surface area contributed by atoms with Crippen molar-refractivity contribution in [3.63, 3.8) is 0 Å². The van der Waals surface area contributed by atoms with E-state index in [1.165, 1.54) is 6.07 Å². The first-order chi connectivity index (χ1) is 15.0. The number of aromatic amines is 1. The summed E-state index contributed by atoms with van der Waals surface area (Å²) in [5, 5.41) is 0. The number of hydrogen-bond acceptors (Lipinski definition) is 8. The van der Waals surface area contributed by atoms with Crippen LogP contribution in [-0.4, -0.2) is 63.4 Å². The van der Waals surface area contributed by atoms with E-state index in [1.807, 2.05) is 29.2 Å². The predicted molar refractivity (Wildman–Crippen MR) is 116 cm³/mol. The van der Waals surface area contributed by atoms with Crippen molar-refractivity contribution in [2.24, 2.45) is 0 Å². The monoisotopic (exact) mass is 429 g/mol. The minimum absolute atomic E-state index is 0.127. The Bertz CT molecular complexity index is 978. The van der Waals surface area contributed by atoms with E-state index in [9.17, 15) is 14.4 Å². The van der Waals surface area contributed by atoms with Crippen LogP contribution < -0.4 is 20.1 Å². The number of nitrogens with one attached hydrogen (secondary N) is 1. The molecule has 2 aromatic rings. The van der Waals surface area contributed by atoms with E-state index in [2.05, 4.69) is 9.88 Å². The van der Waals surface area contributed by atoms with Gasteiger partial charge >= 0.3 is 11.9 Å². The Morgan fingerprint density at radius 2 is 1.45 bits per heavy atom. The third-order valence-electron chi connectivity index (χ3n) is 5.04. The molecule has 0 radical (unpaired) electrons. The minimum atomic E-state index is -0.773. The molecule has 0 spiro atoms. The highest BCUT2D eigenvalue weighted by Crippen LogP contribution is 2.24. The van der Waals surface area contributed by atoms with E-state index >= 15 is 0 Å². The maximum absolute atomic E-state index is 12.6. The molecule has 0 aliphatic carbocycles. The lowest BCUT2D eigenvalue weighted by molar-refractivity contribution is 0.0523. The first kappa shape index (κ1) is 22.2. The average molecular weight is 429 g/mol. The zero-order valence-corrected chi connectivity index (χ0v) is 18.0. The van der Waals surface area contributed by atoms with Gasteiger partial charge in [-0.1, -0.05) is 0 Å². The van der Waals surface area contributed by atoms with Crippen molar-refractivity contribution in [2.45, 2.75) is 13.8 Å². The molecule has 2 heterocycles. The molecule has 1 aromatic carbocycles. The fourth-order valence-corrected chi connectivity index (χ4v) is 3.48. The summed E-state index contributed by atoms with van der Waals surface area (Å²) in [6.45, 7) is 6.18. The van der Waals surface area contributed by atoms with Gasteiger partial charge in [-0.2, -0.15) is 0 Å². The molecule has 1 aliphatic rings. The minimum Gasteiger partial charge on any atom is -0.497 e. The van der Waals surface area contributed by atoms with Crippen molar-refractivity contribution >= 4 is 23.4 Å². The number of nitrogens with zero attached hydrogens (tertiary/aromatic N) is 2. The van der Waals surface area contributed by atoms with Crippen LogP contribution >= 0.6 is 0 Å². The molecule has 0 saturated carbocycles. The zero-order chi connectivity index (χ0) is 22.4. The molecule has 9 nitrogen and oxygen atoms in total. The van der Waals surface area contributed by atoms with Crippen LogP contribution in [0, 0.1) is 0 Å². The van der Waals surface area contributed by atoms with Gasteiger partial charge in [0.15, 0.2) is 0 Å². The summed E-state index contributed by atoms with van der Waals surface area (Å²) in [4.78, 5) is 44.0. The lowest BCUT2D eigenvalue weighted by Gasteiger charge is -2.37. The zero-order valence-electron chi connectivity index (χ0n) is 18.0. The average Bonchev–Trinajstić information content (AvgIpc) is 2.79. The second-order valence-corrected chi connectivity index (χ2v) is 6.89. The standard InChI is InChI=1S/C22H27N3O6/c1-4-30-21(27)17-14-18(22(28)31-5-2)20(26)23-19(17)25-12-10-24(11-13-25)15-6-8-16(29-3)9-7-15/h6-9,14H,4-5,10-13H2,1-3H3,(H,23,26). The smallest absolute Gasteiger partial charge is 0.343 e. The van der Waals surface area contributed by atoms with Gasteiger partial charge in [-0.25, -0.2) is 9.59 Å². The van der Waals surface area contributed by atoms with Crippen LogP contribution in [0.25, 0.3) is 0 Å². The lowest BCUT2D eigenvalue weighted by Crippen LogP contribution is -2.47. The van der Waals surface area contributed by atoms with Gasteiger partial charge in [0.1, 0.15) is 22.7 Å². The van der Waals surface area contributed by atoms with Crippen molar-refractivity contribution < 1.29 is 23.8 Å². The third-order valence-corrected chi connectivity index (χ3v) is 5.04. The Balaban J connectivity index is 1.84. The Hall–Kier alpha value is -3.49. The normalized spacial score (nSPS) is 13.6. The first-order valence-corrected chi connectivity index (χ1v) is 10.2. The number of carbonyl (C=O) groups is 2. The van der Waals surface area contributed by atoms with Crippen molar-refractivity contribution in [2.75, 3.05) is 56.3 Å². The van der Waals surface area contributed by atoms with E-state index < -0.39 is 17.5 Å². The summed E-state index contributed by atoms with van der Waals surface area (Å²) in [5.41, 5.74) is 0.393. The number of piperazine rings is 1. The maximum Gasteiger partial charge on any atom is 0.343 e. The second-order valence-electron chi connectivity index (χ2n) is 6.89. The first-order valence-electron chi connectivity index (χ1n) is 10.2. The second kappa shape index (κ2) is 10.0. The van der Waals surface area contributed by atoms with Crippen LogP contribution in [0.1, 0.15) is 34.6 Å². The van der Waals surface area contributed by atoms with Crippen LogP contribution in [0.15, 0.2) is 35.1 Å². The van der Waals surface area contributed by atoms with Crippen LogP contribution in [-0.2, 0) is 9.47 Å². The van der Waals surface area contributed by atoms with Gasteiger partial charge in [-0.15, -0.1) is 0 Å². The molecular formula is C22H27N3O6. The van der Waals surface area contributed by atoms with Gasteiger partial charge in [0.2, 0.25) is 0 Å². The fourth-order valence-electron chi connectivity index (χ4n) is 3.48. The summed E-state index contributed by atoms with van der Waals surface area (Å²) in [7, 11) is 1.63. The Labute approximate surface area is 180 Å². The fraction of sp³-hybridized carbons (Fsp3) is 0.409. The molecule has 1 N–H and O–H groups in total. The number of pyridine rings is 1. The molecule has 1 saturated heterocycles. The number of hydrogen-bond donors (Lipinski definition) is 1. The molecule has 31 heavy (non-hydrogen) atoms. The van der Waals surface area contributed by atoms with Crippen molar-refractivity contribution in [3.8, 4) is 5.75 Å². The lowest BCUT2D eigenvalue weighted by atomic mass is 10.1. The molecule has 0 unspecified atom stereocenters. The highest BCUT2D eigenvalue weighted by molar-refractivity contribution is 5.98. The Kier molecular flexibility index (Phi) is 7.17. The van der Waals surface area contributed by atoms with Crippen molar-refractivity contribution in [3.05, 3.63) is 51.8 Å². The molecule has 1 aliphatic heterocycles. The number of esters is 2. The van der Waals surface area contributed by atoms with Crippen molar-refractivity contribution in [1.29, 1.82) is 0 Å². The van der Waals surface area contributed by atoms with Gasteiger partial charge in [0.05, 0.1) is 20.3 Å². The topological polar surface area (TPSA) is 101 Å². The summed E-state index contributed by atoms with van der Waals surface area (Å²) < 4.78 is 15.3. The quantitative estimate of drug-likeness (QED) is 0.668. The largest absolute Gasteiger partial charge is 0.497 e. The van der Waals surface area contributed by atoms with E-state index in [0.717, 1.165) is 11.4 Å². The van der Waals surface area contributed by atoms with Crippen LogP contribution in [0.5, 0.6) is 5.75 Å². The molecular weight excluding hydrogens is 402 g/mol. The number of benzene rings is 1. The van der Waals surface area contributed by atoms with Crippen molar-refractivity contribution in [1.82, 2.24) is 4.98 Å². The molecule has 0 bridgehead atoms. The number of carbonyl (C=O) groups excluding carboxylic acids is 2. The van der Waals surface area contributed by atoms with Gasteiger partial charge in [-0.05, 0) is 44.2 Å². The molecule has 3 rings (SSSR count). The highest BCUT2D eigenvalue weighted by Gasteiger charge is 2.26. The van der Waals surface area contributed by atoms with E-state index in [1.54, 1.807) is 21.0 Å². The van der Waals surface area contributed by atoms with Gasteiger partial charge < -0.3 is 29.0 Å². The van der Waals surface area contributed by atoms with E-state index in [0.29, 0.717) is 32.0 Å². The molecule has 0 amide bonds. The van der Waals surface area contributed by atoms with Gasteiger partial charge in [0, 0.05) is 31.9 Å². The van der Waals surface area contributed by atoms with Gasteiger partial charge in [-0.3, -0.25) is 4.79 Å². The van der Waals surface area contributed by atoms with E-state index in [4.69, 9.17) is 14.2 Å². The summed E-state index contributed by atoms with van der Waals surface area (Å²) in [6, 6.07) is 9.07. The summed E-state index contributed by atoms with van der Waals surface area (Å²) in [6.07, 6.45) is 0. The number of anilines is 2. The Morgan fingerprint density at radius 1 is 0.903 bits per heavy atom. The maximum atomic E-state index is 12.6. The van der Waals surface area contributed by atoms with Crippen LogP contribution in [0.3, 0.4) is 0 Å². The number of aromatic nitrogens is 1. The molecule has 166 valence electrons. The molecule has 1 aromatic heterocycles. The predicted octanol–water partition coefficient (Wildman–Crippen LogP) is 2.06. The number of ether oxygens (including phenoxy) is 3. The summed E-state index contributed by atoms with van der Waals surface area (Å²) in [5.74, 6) is -0.228. The molecule has 9 heteroatoms. The molecule has 0 atom stereocenters. The Morgan fingerprint density at radius 3 is 2.00 bits per heavy atom. The third kappa shape index (κ3) is 4.99. The SMILES string of the molecule is CCOC(=O)c1cc(C(=O)OCC)c(=O)[nH]c1N1CCN(c2ccc(OC)cc2)CC1. The number of H-pyrrole nitrogens is 1. The van der Waals surface area contributed by atoms with E-state index in [-0.39, 0.29) is 24.3 Å². The number of rotatable bonds is 7. The van der Waals surface area contributed by atoms with Crippen LogP contribution in [0.2, 0.25) is 0 Å². The number of methoxy groups -OCH3 is 1. The summed E-state index contributed by atoms with van der Waals surface area (Å²) >= 11 is 0. The molecule has 1 fully saturated rings.